The molecule has 0 radical (unpaired) electrons. The molecule has 0 aromatic heterocycles. The molecule has 0 N–H and O–H groups in total. The zero-order valence-corrected chi connectivity index (χ0v) is 20.7. The summed E-state index contributed by atoms with van der Waals surface area (Å²) in [6.45, 7) is 7.02. The van der Waals surface area contributed by atoms with Gasteiger partial charge >= 0.3 is 0 Å². The van der Waals surface area contributed by atoms with Gasteiger partial charge in [-0.3, -0.25) is 0 Å². The lowest BCUT2D eigenvalue weighted by Crippen LogP contribution is -2.25. The molecule has 174 valence electrons. The summed E-state index contributed by atoms with van der Waals surface area (Å²) >= 11 is 0. The fraction of sp³-hybridized carbons (Fsp3) is 0.667. The van der Waals surface area contributed by atoms with Crippen molar-refractivity contribution in [3.63, 3.8) is 0 Å². The van der Waals surface area contributed by atoms with E-state index in [1.54, 1.807) is 0 Å². The van der Waals surface area contributed by atoms with Crippen LogP contribution in [-0.4, -0.2) is 13.1 Å². The molecule has 0 aliphatic heterocycles. The van der Waals surface area contributed by atoms with Crippen molar-refractivity contribution in [2.24, 2.45) is 0 Å². The Balaban J connectivity index is 1.77. The molecule has 2 rings (SSSR count). The van der Waals surface area contributed by atoms with Gasteiger partial charge < -0.3 is 4.90 Å². The van der Waals surface area contributed by atoms with E-state index in [-0.39, 0.29) is 0 Å². The number of benzene rings is 2. The lowest BCUT2D eigenvalue weighted by molar-refractivity contribution is 0.555. The molecular formula is C30H49N. The van der Waals surface area contributed by atoms with Gasteiger partial charge in [-0.25, -0.2) is 0 Å². The van der Waals surface area contributed by atoms with Crippen LogP contribution in [0.3, 0.4) is 0 Å². The minimum atomic E-state index is 1.21. The van der Waals surface area contributed by atoms with E-state index in [2.05, 4.69) is 61.2 Å². The molecule has 0 aliphatic carbocycles. The lowest BCUT2D eigenvalue weighted by Gasteiger charge is -2.25. The second kappa shape index (κ2) is 17.1. The van der Waals surface area contributed by atoms with Crippen molar-refractivity contribution in [3.05, 3.63) is 42.5 Å². The van der Waals surface area contributed by atoms with Gasteiger partial charge in [0.1, 0.15) is 0 Å². The average Bonchev–Trinajstić information content (AvgIpc) is 2.80. The molecule has 0 spiro atoms. The van der Waals surface area contributed by atoms with E-state index in [9.17, 15) is 0 Å². The largest absolute Gasteiger partial charge is 0.372 e. The van der Waals surface area contributed by atoms with Crippen LogP contribution in [-0.2, 0) is 0 Å². The van der Waals surface area contributed by atoms with Crippen molar-refractivity contribution in [2.75, 3.05) is 18.0 Å². The van der Waals surface area contributed by atoms with Crippen LogP contribution in [0, 0.1) is 0 Å². The highest BCUT2D eigenvalue weighted by Crippen LogP contribution is 2.23. The molecule has 0 fully saturated rings. The summed E-state index contributed by atoms with van der Waals surface area (Å²) in [4.78, 5) is 2.67. The number of hydrogen-bond donors (Lipinski definition) is 0. The van der Waals surface area contributed by atoms with E-state index < -0.39 is 0 Å². The van der Waals surface area contributed by atoms with Crippen molar-refractivity contribution in [1.82, 2.24) is 0 Å². The summed E-state index contributed by atoms with van der Waals surface area (Å²) in [5.41, 5.74) is 1.42. The van der Waals surface area contributed by atoms with Gasteiger partial charge in [-0.1, -0.05) is 134 Å². The van der Waals surface area contributed by atoms with Crippen LogP contribution in [0.25, 0.3) is 10.8 Å². The van der Waals surface area contributed by atoms with Crippen molar-refractivity contribution < 1.29 is 0 Å². The first-order valence-corrected chi connectivity index (χ1v) is 13.6. The van der Waals surface area contributed by atoms with Crippen molar-refractivity contribution in [2.45, 2.75) is 117 Å². The monoisotopic (exact) mass is 423 g/mol. The summed E-state index contributed by atoms with van der Waals surface area (Å²) in [6, 6.07) is 15.8. The summed E-state index contributed by atoms with van der Waals surface area (Å²) in [7, 11) is 0. The topological polar surface area (TPSA) is 3.24 Å². The third kappa shape index (κ3) is 11.1. The summed E-state index contributed by atoms with van der Waals surface area (Å²) in [5.74, 6) is 0. The molecule has 0 saturated carbocycles. The average molecular weight is 424 g/mol. The smallest absolute Gasteiger partial charge is 0.0372 e. The zero-order chi connectivity index (χ0) is 22.0. The normalized spacial score (nSPS) is 11.3. The Labute approximate surface area is 193 Å². The van der Waals surface area contributed by atoms with Gasteiger partial charge in [-0.2, -0.15) is 0 Å². The van der Waals surface area contributed by atoms with E-state index in [4.69, 9.17) is 0 Å². The van der Waals surface area contributed by atoms with Gasteiger partial charge in [0, 0.05) is 18.8 Å². The first-order chi connectivity index (χ1) is 15.3. The van der Waals surface area contributed by atoms with Crippen molar-refractivity contribution in [3.8, 4) is 0 Å². The molecule has 0 heterocycles. The fourth-order valence-electron chi connectivity index (χ4n) is 4.62. The third-order valence-corrected chi connectivity index (χ3v) is 6.66. The number of hydrogen-bond acceptors (Lipinski definition) is 1. The predicted octanol–water partition coefficient (Wildman–Crippen LogP) is 9.93. The van der Waals surface area contributed by atoms with Crippen molar-refractivity contribution in [1.29, 1.82) is 0 Å². The van der Waals surface area contributed by atoms with Crippen LogP contribution in [0.15, 0.2) is 42.5 Å². The molecular weight excluding hydrogens is 374 g/mol. The van der Waals surface area contributed by atoms with Crippen LogP contribution < -0.4 is 4.90 Å². The Morgan fingerprint density at radius 3 is 1.45 bits per heavy atom. The standard InChI is InChI=1S/C30H49N/c1-3-5-7-9-11-13-15-19-25-31(26-20-16-14-12-10-8-6-4-2)30-24-23-28-21-17-18-22-29(28)27-30/h17-18,21-24,27H,3-16,19-20,25-26H2,1-2H3. The molecule has 0 aliphatic rings. The predicted molar refractivity (Wildman–Crippen MR) is 141 cm³/mol. The fourth-order valence-corrected chi connectivity index (χ4v) is 4.62. The second-order valence-corrected chi connectivity index (χ2v) is 9.47. The lowest BCUT2D eigenvalue weighted by atomic mass is 10.1. The molecule has 0 amide bonds. The van der Waals surface area contributed by atoms with Crippen LogP contribution in [0.5, 0.6) is 0 Å². The number of fused-ring (bicyclic) bond motifs is 1. The van der Waals surface area contributed by atoms with Gasteiger partial charge in [-0.15, -0.1) is 0 Å². The van der Waals surface area contributed by atoms with E-state index in [0.29, 0.717) is 0 Å². The van der Waals surface area contributed by atoms with Gasteiger partial charge in [0.25, 0.3) is 0 Å². The molecule has 2 aromatic carbocycles. The van der Waals surface area contributed by atoms with Crippen LogP contribution in [0.2, 0.25) is 0 Å². The maximum atomic E-state index is 2.67. The highest BCUT2D eigenvalue weighted by molar-refractivity contribution is 5.85. The summed E-state index contributed by atoms with van der Waals surface area (Å²) in [6.07, 6.45) is 22.3. The zero-order valence-electron chi connectivity index (χ0n) is 20.7. The Kier molecular flexibility index (Phi) is 14.2. The molecule has 2 aromatic rings. The molecule has 31 heavy (non-hydrogen) atoms. The maximum absolute atomic E-state index is 2.67. The number of anilines is 1. The Hall–Kier alpha value is -1.50. The minimum absolute atomic E-state index is 1.21. The van der Waals surface area contributed by atoms with E-state index in [0.717, 1.165) is 0 Å². The van der Waals surface area contributed by atoms with E-state index in [1.165, 1.54) is 132 Å². The van der Waals surface area contributed by atoms with Crippen LogP contribution in [0.4, 0.5) is 5.69 Å². The number of unbranched alkanes of at least 4 members (excludes halogenated alkanes) is 14. The maximum Gasteiger partial charge on any atom is 0.0372 e. The molecule has 0 bridgehead atoms. The first-order valence-electron chi connectivity index (χ1n) is 13.6. The van der Waals surface area contributed by atoms with Gasteiger partial charge in [0.05, 0.1) is 0 Å². The molecule has 0 saturated heterocycles. The Morgan fingerprint density at radius 2 is 0.935 bits per heavy atom. The van der Waals surface area contributed by atoms with E-state index >= 15 is 0 Å². The van der Waals surface area contributed by atoms with Gasteiger partial charge in [-0.05, 0) is 35.7 Å². The Morgan fingerprint density at radius 1 is 0.484 bits per heavy atom. The van der Waals surface area contributed by atoms with Crippen LogP contribution >= 0.6 is 0 Å². The highest BCUT2D eigenvalue weighted by atomic mass is 15.1. The number of rotatable bonds is 19. The summed E-state index contributed by atoms with van der Waals surface area (Å²) < 4.78 is 0. The molecule has 0 atom stereocenters. The van der Waals surface area contributed by atoms with Crippen molar-refractivity contribution >= 4 is 16.5 Å². The quantitative estimate of drug-likeness (QED) is 0.203. The molecule has 1 heteroatoms. The minimum Gasteiger partial charge on any atom is -0.372 e. The first kappa shape index (κ1) is 25.8. The second-order valence-electron chi connectivity index (χ2n) is 9.47. The Bertz CT molecular complexity index is 657. The number of nitrogens with zero attached hydrogens (tertiary/aromatic N) is 1. The van der Waals surface area contributed by atoms with Gasteiger partial charge in [0.2, 0.25) is 0 Å². The third-order valence-electron chi connectivity index (χ3n) is 6.66. The van der Waals surface area contributed by atoms with Gasteiger partial charge in [0.15, 0.2) is 0 Å². The molecule has 0 unspecified atom stereocenters. The highest BCUT2D eigenvalue weighted by Gasteiger charge is 2.07. The SMILES string of the molecule is CCCCCCCCCCN(CCCCCCCCCC)c1ccc2ccccc2c1. The molecule has 1 nitrogen and oxygen atoms in total. The van der Waals surface area contributed by atoms with Crippen LogP contribution in [0.1, 0.15) is 117 Å². The van der Waals surface area contributed by atoms with E-state index in [1.807, 2.05) is 0 Å². The summed E-state index contributed by atoms with van der Waals surface area (Å²) in [5, 5.41) is 2.72.